The van der Waals surface area contributed by atoms with E-state index in [1.54, 1.807) is 0 Å². The number of carbonyl (C=O) groups excluding carboxylic acids is 1. The van der Waals surface area contributed by atoms with Crippen LogP contribution >= 0.6 is 0 Å². The molecule has 0 fully saturated rings. The highest BCUT2D eigenvalue weighted by Gasteiger charge is 2.14. The van der Waals surface area contributed by atoms with Gasteiger partial charge in [0.1, 0.15) is 0 Å². The average Bonchev–Trinajstić information content (AvgIpc) is 2.32. The number of rotatable bonds is 2. The predicted octanol–water partition coefficient (Wildman–Crippen LogP) is 2.51. The Kier molecular flexibility index (Phi) is 3.21. The normalized spacial score (nSPS) is 10.5. The van der Waals surface area contributed by atoms with Gasteiger partial charge in [-0.1, -0.05) is 12.1 Å². The summed E-state index contributed by atoms with van der Waals surface area (Å²) in [4.78, 5) is 26.5. The number of benzene rings is 1. The summed E-state index contributed by atoms with van der Waals surface area (Å²) in [5.41, 5.74) is 2.81. The van der Waals surface area contributed by atoms with Crippen LogP contribution < -0.4 is 5.32 Å². The number of nitrogens with zero attached hydrogens (tertiary/aromatic N) is 1. The van der Waals surface area contributed by atoms with Crippen LogP contribution in [0.25, 0.3) is 10.9 Å². The van der Waals surface area contributed by atoms with Crippen molar-refractivity contribution in [1.29, 1.82) is 0 Å². The van der Waals surface area contributed by atoms with Crippen molar-refractivity contribution in [2.45, 2.75) is 20.8 Å². The maximum absolute atomic E-state index is 11.3. The predicted molar refractivity (Wildman–Crippen MR) is 72.5 cm³/mol. The van der Waals surface area contributed by atoms with Crippen LogP contribution in [0.3, 0.4) is 0 Å². The summed E-state index contributed by atoms with van der Waals surface area (Å²) in [6, 6.07) is 5.19. The van der Waals surface area contributed by atoms with Crippen LogP contribution in [-0.4, -0.2) is 22.0 Å². The van der Waals surface area contributed by atoms with Crippen LogP contribution in [0.5, 0.6) is 0 Å². The van der Waals surface area contributed by atoms with E-state index in [0.717, 1.165) is 16.5 Å². The molecule has 1 aromatic heterocycles. The molecule has 0 saturated carbocycles. The lowest BCUT2D eigenvalue weighted by Gasteiger charge is -2.12. The lowest BCUT2D eigenvalue weighted by Crippen LogP contribution is -2.10. The van der Waals surface area contributed by atoms with Crippen molar-refractivity contribution < 1.29 is 14.7 Å². The molecule has 0 aliphatic rings. The van der Waals surface area contributed by atoms with Crippen LogP contribution in [0.4, 0.5) is 5.69 Å². The summed E-state index contributed by atoms with van der Waals surface area (Å²) in [7, 11) is 0. The molecule has 5 nitrogen and oxygen atoms in total. The van der Waals surface area contributed by atoms with Crippen molar-refractivity contribution in [3.05, 3.63) is 35.0 Å². The molecule has 2 N–H and O–H groups in total. The maximum atomic E-state index is 11.3. The number of carbonyl (C=O) groups is 2. The van der Waals surface area contributed by atoms with Gasteiger partial charge in [0, 0.05) is 12.3 Å². The van der Waals surface area contributed by atoms with Gasteiger partial charge in [0.25, 0.3) is 0 Å². The van der Waals surface area contributed by atoms with Crippen molar-refractivity contribution in [1.82, 2.24) is 4.98 Å². The van der Waals surface area contributed by atoms with Gasteiger partial charge in [-0.15, -0.1) is 0 Å². The number of pyridine rings is 1. The monoisotopic (exact) mass is 258 g/mol. The van der Waals surface area contributed by atoms with Crippen molar-refractivity contribution in [2.75, 3.05) is 5.32 Å². The number of aryl methyl sites for hydroxylation is 2. The third kappa shape index (κ3) is 2.40. The van der Waals surface area contributed by atoms with E-state index in [2.05, 4.69) is 10.3 Å². The molecule has 1 heterocycles. The Balaban J connectivity index is 2.85. The van der Waals surface area contributed by atoms with E-state index >= 15 is 0 Å². The third-order valence-corrected chi connectivity index (χ3v) is 2.90. The summed E-state index contributed by atoms with van der Waals surface area (Å²) in [5, 5.41) is 12.5. The lowest BCUT2D eigenvalue weighted by molar-refractivity contribution is -0.114. The molecular formula is C14H14N2O3. The Morgan fingerprint density at radius 2 is 1.84 bits per heavy atom. The molecule has 5 heteroatoms. The fourth-order valence-electron chi connectivity index (χ4n) is 2.04. The van der Waals surface area contributed by atoms with Crippen molar-refractivity contribution in [3.63, 3.8) is 0 Å². The van der Waals surface area contributed by atoms with Gasteiger partial charge in [-0.3, -0.25) is 4.79 Å². The van der Waals surface area contributed by atoms with Gasteiger partial charge in [-0.05, 0) is 31.0 Å². The van der Waals surface area contributed by atoms with Gasteiger partial charge in [0.05, 0.1) is 11.2 Å². The van der Waals surface area contributed by atoms with E-state index in [4.69, 9.17) is 5.11 Å². The zero-order valence-corrected chi connectivity index (χ0v) is 10.9. The molecule has 19 heavy (non-hydrogen) atoms. The molecule has 0 spiro atoms. The second kappa shape index (κ2) is 4.68. The first-order valence-electron chi connectivity index (χ1n) is 5.82. The first-order valence-corrected chi connectivity index (χ1v) is 5.82. The molecule has 1 aromatic carbocycles. The van der Waals surface area contributed by atoms with Crippen LogP contribution in [-0.2, 0) is 4.79 Å². The van der Waals surface area contributed by atoms with Gasteiger partial charge < -0.3 is 10.4 Å². The van der Waals surface area contributed by atoms with Crippen molar-refractivity contribution >= 4 is 28.5 Å². The number of amides is 1. The average molecular weight is 258 g/mol. The first-order chi connectivity index (χ1) is 8.90. The van der Waals surface area contributed by atoms with Gasteiger partial charge in [0.2, 0.25) is 5.91 Å². The minimum Gasteiger partial charge on any atom is -0.477 e. The van der Waals surface area contributed by atoms with Gasteiger partial charge >= 0.3 is 5.97 Å². The fourth-order valence-corrected chi connectivity index (χ4v) is 2.04. The molecule has 0 aliphatic carbocycles. The molecule has 98 valence electrons. The van der Waals surface area contributed by atoms with E-state index in [-0.39, 0.29) is 11.6 Å². The molecule has 0 aliphatic heterocycles. The van der Waals surface area contributed by atoms with Gasteiger partial charge in [0.15, 0.2) is 5.69 Å². The highest BCUT2D eigenvalue weighted by atomic mass is 16.4. The number of hydrogen-bond acceptors (Lipinski definition) is 3. The number of aromatic carboxylic acids is 1. The smallest absolute Gasteiger partial charge is 0.354 e. The number of carboxylic acids is 1. The van der Waals surface area contributed by atoms with Crippen LogP contribution in [0, 0.1) is 13.8 Å². The van der Waals surface area contributed by atoms with Crippen LogP contribution in [0.2, 0.25) is 0 Å². The number of anilines is 1. The molecule has 0 radical (unpaired) electrons. The lowest BCUT2D eigenvalue weighted by atomic mass is 10.0. The summed E-state index contributed by atoms with van der Waals surface area (Å²) in [5.74, 6) is -1.36. The van der Waals surface area contributed by atoms with Crippen LogP contribution in [0.15, 0.2) is 18.2 Å². The molecule has 0 unspecified atom stereocenters. The van der Waals surface area contributed by atoms with Crippen LogP contribution in [0.1, 0.15) is 28.5 Å². The molecular weight excluding hydrogens is 244 g/mol. The number of nitrogens with one attached hydrogen (secondary N) is 1. The Morgan fingerprint density at radius 3 is 2.42 bits per heavy atom. The minimum absolute atomic E-state index is 0.0787. The standard InChI is InChI=1S/C14H14N2O3/c1-7-4-5-8(2)13-12(7)10(15-9(3)17)6-11(16-13)14(18)19/h4-6H,1-3H3,(H,18,19)(H,15,16,17). The molecule has 0 saturated heterocycles. The molecule has 1 amide bonds. The van der Waals surface area contributed by atoms with Crippen molar-refractivity contribution in [2.24, 2.45) is 0 Å². The number of fused-ring (bicyclic) bond motifs is 1. The molecule has 0 bridgehead atoms. The quantitative estimate of drug-likeness (QED) is 0.867. The first kappa shape index (κ1) is 13.0. The Morgan fingerprint density at radius 1 is 1.21 bits per heavy atom. The SMILES string of the molecule is CC(=O)Nc1cc(C(=O)O)nc2c(C)ccc(C)c12. The Bertz CT molecular complexity index is 693. The number of aromatic nitrogens is 1. The highest BCUT2D eigenvalue weighted by Crippen LogP contribution is 2.28. The topological polar surface area (TPSA) is 79.3 Å². The zero-order valence-electron chi connectivity index (χ0n) is 10.9. The number of hydrogen-bond donors (Lipinski definition) is 2. The Hall–Kier alpha value is -2.43. The summed E-state index contributed by atoms with van der Waals surface area (Å²) < 4.78 is 0. The van der Waals surface area contributed by atoms with E-state index in [0.29, 0.717) is 11.2 Å². The summed E-state index contributed by atoms with van der Waals surface area (Å²) in [6.45, 7) is 5.14. The minimum atomic E-state index is -1.12. The molecule has 2 aromatic rings. The van der Waals surface area contributed by atoms with Gasteiger partial charge in [-0.2, -0.15) is 0 Å². The second-order valence-corrected chi connectivity index (χ2v) is 4.46. The maximum Gasteiger partial charge on any atom is 0.354 e. The van der Waals surface area contributed by atoms with E-state index in [9.17, 15) is 9.59 Å². The van der Waals surface area contributed by atoms with E-state index < -0.39 is 5.97 Å². The number of carboxylic acid groups (broad SMARTS) is 1. The van der Waals surface area contributed by atoms with Gasteiger partial charge in [-0.25, -0.2) is 9.78 Å². The highest BCUT2D eigenvalue weighted by molar-refractivity contribution is 6.05. The molecule has 2 rings (SSSR count). The van der Waals surface area contributed by atoms with E-state index in [1.807, 2.05) is 26.0 Å². The fraction of sp³-hybridized carbons (Fsp3) is 0.214. The largest absolute Gasteiger partial charge is 0.477 e. The molecule has 0 atom stereocenters. The summed E-state index contributed by atoms with van der Waals surface area (Å²) in [6.07, 6.45) is 0. The van der Waals surface area contributed by atoms with E-state index in [1.165, 1.54) is 13.0 Å². The summed E-state index contributed by atoms with van der Waals surface area (Å²) >= 11 is 0. The third-order valence-electron chi connectivity index (χ3n) is 2.90. The Labute approximate surface area is 110 Å². The zero-order chi connectivity index (χ0) is 14.2. The second-order valence-electron chi connectivity index (χ2n) is 4.46. The van der Waals surface area contributed by atoms with Crippen molar-refractivity contribution in [3.8, 4) is 0 Å².